The summed E-state index contributed by atoms with van der Waals surface area (Å²) in [5.74, 6) is 1.37. The zero-order chi connectivity index (χ0) is 11.4. The van der Waals surface area contributed by atoms with Crippen LogP contribution in [0.15, 0.2) is 30.5 Å². The third kappa shape index (κ3) is 2.31. The number of aromatic nitrogens is 3. The third-order valence-electron chi connectivity index (χ3n) is 2.23. The lowest BCUT2D eigenvalue weighted by Crippen LogP contribution is -2.00. The van der Waals surface area contributed by atoms with Crippen molar-refractivity contribution in [1.29, 1.82) is 0 Å². The van der Waals surface area contributed by atoms with E-state index in [0.29, 0.717) is 12.4 Å². The zero-order valence-electron chi connectivity index (χ0n) is 9.25. The van der Waals surface area contributed by atoms with Crippen molar-refractivity contribution in [3.05, 3.63) is 36.0 Å². The van der Waals surface area contributed by atoms with E-state index in [2.05, 4.69) is 10.3 Å². The Balaban J connectivity index is 2.08. The minimum atomic E-state index is 0.522. The molecule has 1 aromatic heterocycles. The lowest BCUT2D eigenvalue weighted by Gasteiger charge is -2.02. The maximum absolute atomic E-state index is 5.09. The first-order valence-electron chi connectivity index (χ1n) is 4.89. The Bertz CT molecular complexity index is 451. The fourth-order valence-corrected chi connectivity index (χ4v) is 1.37. The molecule has 0 amide bonds. The Hall–Kier alpha value is -2.04. The summed E-state index contributed by atoms with van der Waals surface area (Å²) in [5, 5.41) is 7.77. The average molecular weight is 219 g/mol. The molecule has 0 fully saturated rings. The smallest absolute Gasteiger partial charge is 0.253 e. The molecule has 0 spiro atoms. The molecule has 0 aliphatic heterocycles. The third-order valence-corrected chi connectivity index (χ3v) is 2.23. The summed E-state index contributed by atoms with van der Waals surface area (Å²) in [7, 11) is 3.22. The Morgan fingerprint density at radius 3 is 2.44 bits per heavy atom. The highest BCUT2D eigenvalue weighted by Gasteiger charge is 2.00. The molecule has 0 atom stereocenters. The largest absolute Gasteiger partial charge is 0.497 e. The van der Waals surface area contributed by atoms with Crippen molar-refractivity contribution in [2.45, 2.75) is 6.54 Å². The van der Waals surface area contributed by atoms with Crippen molar-refractivity contribution in [2.75, 3.05) is 14.2 Å². The van der Waals surface area contributed by atoms with Crippen LogP contribution in [0.3, 0.4) is 0 Å². The second kappa shape index (κ2) is 4.65. The summed E-state index contributed by atoms with van der Waals surface area (Å²) in [6, 6.07) is 7.83. The van der Waals surface area contributed by atoms with Crippen molar-refractivity contribution in [2.24, 2.45) is 0 Å². The minimum absolute atomic E-state index is 0.522. The molecule has 0 bridgehead atoms. The molecule has 0 saturated carbocycles. The predicted molar refractivity (Wildman–Crippen MR) is 58.7 cm³/mol. The SMILES string of the molecule is COc1ccc(Cn2cc(OC)nn2)cc1. The lowest BCUT2D eigenvalue weighted by molar-refractivity contribution is 0.397. The van der Waals surface area contributed by atoms with Crippen molar-refractivity contribution in [3.8, 4) is 11.6 Å². The van der Waals surface area contributed by atoms with Crippen LogP contribution in [0, 0.1) is 0 Å². The van der Waals surface area contributed by atoms with Crippen LogP contribution in [-0.2, 0) is 6.54 Å². The van der Waals surface area contributed by atoms with Gasteiger partial charge in [0.05, 0.1) is 27.0 Å². The second-order valence-electron chi connectivity index (χ2n) is 3.31. The molecule has 84 valence electrons. The average Bonchev–Trinajstić information content (AvgIpc) is 2.78. The Morgan fingerprint density at radius 2 is 1.88 bits per heavy atom. The Kier molecular flexibility index (Phi) is 3.05. The van der Waals surface area contributed by atoms with Crippen LogP contribution in [0.5, 0.6) is 11.6 Å². The van der Waals surface area contributed by atoms with Crippen LogP contribution in [0.25, 0.3) is 0 Å². The molecule has 16 heavy (non-hydrogen) atoms. The van der Waals surface area contributed by atoms with E-state index in [1.54, 1.807) is 25.1 Å². The highest BCUT2D eigenvalue weighted by atomic mass is 16.5. The predicted octanol–water partition coefficient (Wildman–Crippen LogP) is 1.34. The van der Waals surface area contributed by atoms with Gasteiger partial charge in [-0.2, -0.15) is 0 Å². The normalized spacial score (nSPS) is 10.1. The van der Waals surface area contributed by atoms with Crippen molar-refractivity contribution < 1.29 is 9.47 Å². The molecule has 1 heterocycles. The maximum Gasteiger partial charge on any atom is 0.253 e. The maximum atomic E-state index is 5.09. The van der Waals surface area contributed by atoms with Gasteiger partial charge in [0.15, 0.2) is 0 Å². The summed E-state index contributed by atoms with van der Waals surface area (Å²) in [4.78, 5) is 0. The first-order valence-corrected chi connectivity index (χ1v) is 4.89. The van der Waals surface area contributed by atoms with Crippen LogP contribution < -0.4 is 9.47 Å². The highest BCUT2D eigenvalue weighted by molar-refractivity contribution is 5.27. The fourth-order valence-electron chi connectivity index (χ4n) is 1.37. The number of ether oxygens (including phenoxy) is 2. The van der Waals surface area contributed by atoms with Crippen LogP contribution in [0.4, 0.5) is 0 Å². The quantitative estimate of drug-likeness (QED) is 0.778. The number of nitrogens with zero attached hydrogens (tertiary/aromatic N) is 3. The lowest BCUT2D eigenvalue weighted by atomic mass is 10.2. The van der Waals surface area contributed by atoms with Gasteiger partial charge < -0.3 is 9.47 Å². The van der Waals surface area contributed by atoms with E-state index < -0.39 is 0 Å². The van der Waals surface area contributed by atoms with Crippen LogP contribution in [0.2, 0.25) is 0 Å². The zero-order valence-corrected chi connectivity index (χ0v) is 9.25. The van der Waals surface area contributed by atoms with E-state index in [1.165, 1.54) is 0 Å². The van der Waals surface area contributed by atoms with E-state index in [4.69, 9.17) is 9.47 Å². The van der Waals surface area contributed by atoms with Gasteiger partial charge in [-0.1, -0.05) is 22.4 Å². The van der Waals surface area contributed by atoms with Crippen molar-refractivity contribution in [3.63, 3.8) is 0 Å². The second-order valence-corrected chi connectivity index (χ2v) is 3.31. The number of methoxy groups -OCH3 is 2. The van der Waals surface area contributed by atoms with E-state index >= 15 is 0 Å². The summed E-state index contributed by atoms with van der Waals surface area (Å²) in [6.45, 7) is 0.667. The van der Waals surface area contributed by atoms with E-state index in [1.807, 2.05) is 24.3 Å². The van der Waals surface area contributed by atoms with Gasteiger partial charge in [0, 0.05) is 0 Å². The number of hydrogen-bond acceptors (Lipinski definition) is 4. The molecular formula is C11H13N3O2. The highest BCUT2D eigenvalue weighted by Crippen LogP contribution is 2.12. The molecule has 1 aromatic carbocycles. The molecule has 0 N–H and O–H groups in total. The monoisotopic (exact) mass is 219 g/mol. The first-order chi connectivity index (χ1) is 7.81. The van der Waals surface area contributed by atoms with Gasteiger partial charge in [-0.3, -0.25) is 0 Å². The summed E-state index contributed by atoms with van der Waals surface area (Å²) in [6.07, 6.45) is 1.75. The van der Waals surface area contributed by atoms with Gasteiger partial charge in [-0.15, -0.1) is 0 Å². The fraction of sp³-hybridized carbons (Fsp3) is 0.273. The Morgan fingerprint density at radius 1 is 1.12 bits per heavy atom. The van der Waals surface area contributed by atoms with Gasteiger partial charge in [0.25, 0.3) is 5.88 Å². The summed E-state index contributed by atoms with van der Waals surface area (Å²) in [5.41, 5.74) is 1.13. The number of hydrogen-bond donors (Lipinski definition) is 0. The molecule has 5 nitrogen and oxygen atoms in total. The molecule has 2 aromatic rings. The number of benzene rings is 1. The van der Waals surface area contributed by atoms with Gasteiger partial charge in [-0.05, 0) is 17.7 Å². The molecule has 0 aliphatic carbocycles. The van der Waals surface area contributed by atoms with Gasteiger partial charge in [-0.25, -0.2) is 4.68 Å². The summed E-state index contributed by atoms with van der Waals surface area (Å²) < 4.78 is 11.8. The van der Waals surface area contributed by atoms with Gasteiger partial charge in [0.2, 0.25) is 0 Å². The first kappa shape index (κ1) is 10.5. The summed E-state index contributed by atoms with van der Waals surface area (Å²) >= 11 is 0. The molecular weight excluding hydrogens is 206 g/mol. The molecule has 2 rings (SSSR count). The van der Waals surface area contributed by atoms with Crippen LogP contribution >= 0.6 is 0 Å². The number of rotatable bonds is 4. The van der Waals surface area contributed by atoms with Gasteiger partial charge >= 0.3 is 0 Å². The molecule has 0 aliphatic rings. The topological polar surface area (TPSA) is 49.2 Å². The van der Waals surface area contributed by atoms with Gasteiger partial charge in [0.1, 0.15) is 5.75 Å². The van der Waals surface area contributed by atoms with E-state index in [0.717, 1.165) is 11.3 Å². The van der Waals surface area contributed by atoms with E-state index in [9.17, 15) is 0 Å². The molecule has 0 unspecified atom stereocenters. The minimum Gasteiger partial charge on any atom is -0.497 e. The van der Waals surface area contributed by atoms with E-state index in [-0.39, 0.29) is 0 Å². The molecule has 0 radical (unpaired) electrons. The van der Waals surface area contributed by atoms with Crippen LogP contribution in [0.1, 0.15) is 5.56 Å². The van der Waals surface area contributed by atoms with Crippen molar-refractivity contribution in [1.82, 2.24) is 15.0 Å². The van der Waals surface area contributed by atoms with Crippen molar-refractivity contribution >= 4 is 0 Å². The van der Waals surface area contributed by atoms with Crippen LogP contribution in [-0.4, -0.2) is 29.2 Å². The standard InChI is InChI=1S/C11H13N3O2/c1-15-10-5-3-9(4-6-10)7-14-8-11(16-2)12-13-14/h3-6,8H,7H2,1-2H3. The Labute approximate surface area is 93.6 Å². The molecule has 0 saturated heterocycles. The molecule has 5 heteroatoms.